The van der Waals surface area contributed by atoms with Crippen LogP contribution in [0.25, 0.3) is 10.9 Å². The van der Waals surface area contributed by atoms with E-state index in [2.05, 4.69) is 33.2 Å². The van der Waals surface area contributed by atoms with Gasteiger partial charge in [-0.1, -0.05) is 58.4 Å². The molecule has 0 saturated carbocycles. The Morgan fingerprint density at radius 2 is 1.76 bits per heavy atom. The molecule has 0 bridgehead atoms. The Morgan fingerprint density at radius 3 is 2.52 bits per heavy atom. The van der Waals surface area contributed by atoms with Crippen molar-refractivity contribution in [3.8, 4) is 0 Å². The second-order valence-electron chi connectivity index (χ2n) is 4.97. The lowest BCUT2D eigenvalue weighted by Gasteiger charge is -2.17. The van der Waals surface area contributed by atoms with Crippen LogP contribution in [0.4, 0.5) is 0 Å². The van der Waals surface area contributed by atoms with Gasteiger partial charge in [0.15, 0.2) is 0 Å². The van der Waals surface area contributed by atoms with Crippen LogP contribution in [0.15, 0.2) is 65.6 Å². The minimum absolute atomic E-state index is 0.0306. The zero-order valence-corrected chi connectivity index (χ0v) is 13.0. The number of fused-ring (bicyclic) bond motifs is 1. The molecule has 0 aliphatic rings. The molecule has 0 radical (unpaired) electrons. The molecule has 1 aromatic heterocycles. The van der Waals surface area contributed by atoms with Gasteiger partial charge in [-0.15, -0.1) is 0 Å². The molecule has 0 fully saturated rings. The Morgan fingerprint density at radius 1 is 1.05 bits per heavy atom. The van der Waals surface area contributed by atoms with Crippen LogP contribution in [-0.4, -0.2) is 15.1 Å². The van der Waals surface area contributed by atoms with Crippen molar-refractivity contribution in [2.45, 2.75) is 12.5 Å². The van der Waals surface area contributed by atoms with Gasteiger partial charge in [0.25, 0.3) is 0 Å². The summed E-state index contributed by atoms with van der Waals surface area (Å²) in [6, 6.07) is 18.0. The van der Waals surface area contributed by atoms with Gasteiger partial charge in [-0.05, 0) is 17.7 Å². The molecule has 3 aromatic rings. The monoisotopic (exact) mass is 342 g/mol. The Kier molecular flexibility index (Phi) is 4.15. The first-order valence-electron chi connectivity index (χ1n) is 6.85. The predicted molar refractivity (Wildman–Crippen MR) is 89.0 cm³/mol. The Balaban J connectivity index is 2.01. The average molecular weight is 343 g/mol. The van der Waals surface area contributed by atoms with Crippen molar-refractivity contribution < 1.29 is 0 Å². The first-order chi connectivity index (χ1) is 10.3. The highest BCUT2D eigenvalue weighted by Crippen LogP contribution is 2.21. The standard InChI is InChI=1S/C17H15BrN2O/c18-10-14(13-6-2-1-3-7-13)12-20-16-9-5-4-8-15(16)17(21)11-19-20/h1-9,11,14H,10,12H2. The van der Waals surface area contributed by atoms with E-state index >= 15 is 0 Å². The number of hydrogen-bond acceptors (Lipinski definition) is 2. The molecule has 0 aliphatic carbocycles. The van der Waals surface area contributed by atoms with Gasteiger partial charge in [0.1, 0.15) is 0 Å². The normalized spacial score (nSPS) is 12.4. The van der Waals surface area contributed by atoms with E-state index in [4.69, 9.17) is 0 Å². The van der Waals surface area contributed by atoms with E-state index in [0.717, 1.165) is 17.4 Å². The van der Waals surface area contributed by atoms with Crippen molar-refractivity contribution in [1.82, 2.24) is 9.78 Å². The van der Waals surface area contributed by atoms with Crippen molar-refractivity contribution >= 4 is 26.8 Å². The third-order valence-electron chi connectivity index (χ3n) is 3.61. The summed E-state index contributed by atoms with van der Waals surface area (Å²) in [5.74, 6) is 0.310. The summed E-state index contributed by atoms with van der Waals surface area (Å²) in [5.41, 5.74) is 2.11. The maximum atomic E-state index is 11.9. The lowest BCUT2D eigenvalue weighted by atomic mass is 10.0. The molecule has 3 rings (SSSR count). The van der Waals surface area contributed by atoms with Crippen molar-refractivity contribution in [3.05, 3.63) is 76.6 Å². The lowest BCUT2D eigenvalue weighted by Crippen LogP contribution is -2.17. The van der Waals surface area contributed by atoms with Crippen molar-refractivity contribution in [3.63, 3.8) is 0 Å². The van der Waals surface area contributed by atoms with Gasteiger partial charge in [0.2, 0.25) is 5.43 Å². The molecule has 106 valence electrons. The summed E-state index contributed by atoms with van der Waals surface area (Å²) in [4.78, 5) is 11.9. The Labute approximate surface area is 131 Å². The molecule has 1 heterocycles. The van der Waals surface area contributed by atoms with Crippen LogP contribution < -0.4 is 5.43 Å². The summed E-state index contributed by atoms with van der Waals surface area (Å²) < 4.78 is 1.91. The minimum Gasteiger partial charge on any atom is -0.287 e. The first-order valence-corrected chi connectivity index (χ1v) is 7.97. The number of rotatable bonds is 4. The molecule has 0 amide bonds. The molecule has 1 unspecified atom stereocenters. The number of alkyl halides is 1. The van der Waals surface area contributed by atoms with Crippen LogP contribution in [0.1, 0.15) is 11.5 Å². The Hall–Kier alpha value is -1.94. The van der Waals surface area contributed by atoms with Crippen LogP contribution in [-0.2, 0) is 6.54 Å². The van der Waals surface area contributed by atoms with Gasteiger partial charge in [0, 0.05) is 23.2 Å². The van der Waals surface area contributed by atoms with E-state index in [9.17, 15) is 4.79 Å². The van der Waals surface area contributed by atoms with Crippen LogP contribution in [0.2, 0.25) is 0 Å². The van der Waals surface area contributed by atoms with Crippen molar-refractivity contribution in [2.75, 3.05) is 5.33 Å². The lowest BCUT2D eigenvalue weighted by molar-refractivity contribution is 0.557. The van der Waals surface area contributed by atoms with Crippen LogP contribution in [0, 0.1) is 0 Å². The molecule has 1 atom stereocenters. The average Bonchev–Trinajstić information content (AvgIpc) is 2.55. The molecule has 0 saturated heterocycles. The quantitative estimate of drug-likeness (QED) is 0.679. The maximum Gasteiger partial charge on any atom is 0.207 e. The summed E-state index contributed by atoms with van der Waals surface area (Å²) in [6.45, 7) is 0.732. The fourth-order valence-corrected chi connectivity index (χ4v) is 3.06. The molecular weight excluding hydrogens is 328 g/mol. The second kappa shape index (κ2) is 6.22. The Bertz CT molecular complexity index is 798. The van der Waals surface area contributed by atoms with Crippen LogP contribution in [0.5, 0.6) is 0 Å². The number of benzene rings is 2. The fraction of sp³-hybridized carbons (Fsp3) is 0.176. The van der Waals surface area contributed by atoms with Gasteiger partial charge in [0.05, 0.1) is 11.7 Å². The van der Waals surface area contributed by atoms with E-state index in [1.165, 1.54) is 11.8 Å². The van der Waals surface area contributed by atoms with E-state index in [1.54, 1.807) is 0 Å². The summed E-state index contributed by atoms with van der Waals surface area (Å²) >= 11 is 3.59. The third-order valence-corrected chi connectivity index (χ3v) is 4.39. The molecule has 2 aromatic carbocycles. The molecule has 0 aliphatic heterocycles. The molecule has 3 nitrogen and oxygen atoms in total. The second-order valence-corrected chi connectivity index (χ2v) is 5.62. The van der Waals surface area contributed by atoms with E-state index in [-0.39, 0.29) is 5.43 Å². The zero-order chi connectivity index (χ0) is 14.7. The van der Waals surface area contributed by atoms with Gasteiger partial charge >= 0.3 is 0 Å². The largest absolute Gasteiger partial charge is 0.287 e. The summed E-state index contributed by atoms with van der Waals surface area (Å²) in [5, 5.41) is 5.87. The molecule has 0 spiro atoms. The van der Waals surface area contributed by atoms with Gasteiger partial charge in [-0.25, -0.2) is 0 Å². The highest BCUT2D eigenvalue weighted by Gasteiger charge is 2.12. The van der Waals surface area contributed by atoms with Crippen LogP contribution >= 0.6 is 15.9 Å². The van der Waals surface area contributed by atoms with Gasteiger partial charge in [-0.2, -0.15) is 5.10 Å². The SMILES string of the molecule is O=c1cnn(CC(CBr)c2ccccc2)c2ccccc12. The van der Waals surface area contributed by atoms with E-state index in [0.29, 0.717) is 11.3 Å². The summed E-state index contributed by atoms with van der Waals surface area (Å²) in [7, 11) is 0. The van der Waals surface area contributed by atoms with Gasteiger partial charge < -0.3 is 0 Å². The smallest absolute Gasteiger partial charge is 0.207 e. The molecular formula is C17H15BrN2O. The van der Waals surface area contributed by atoms with Crippen molar-refractivity contribution in [1.29, 1.82) is 0 Å². The number of aromatic nitrogens is 2. The van der Waals surface area contributed by atoms with Gasteiger partial charge in [-0.3, -0.25) is 9.48 Å². The highest BCUT2D eigenvalue weighted by molar-refractivity contribution is 9.09. The number of nitrogens with zero attached hydrogens (tertiary/aromatic N) is 2. The maximum absolute atomic E-state index is 11.9. The van der Waals surface area contributed by atoms with Crippen LogP contribution in [0.3, 0.4) is 0 Å². The minimum atomic E-state index is -0.0306. The fourth-order valence-electron chi connectivity index (χ4n) is 2.48. The summed E-state index contributed by atoms with van der Waals surface area (Å²) in [6.07, 6.45) is 1.40. The van der Waals surface area contributed by atoms with Crippen molar-refractivity contribution in [2.24, 2.45) is 0 Å². The molecule has 21 heavy (non-hydrogen) atoms. The number of para-hydroxylation sites is 1. The highest BCUT2D eigenvalue weighted by atomic mass is 79.9. The number of hydrogen-bond donors (Lipinski definition) is 0. The van der Waals surface area contributed by atoms with E-state index in [1.807, 2.05) is 47.1 Å². The zero-order valence-electron chi connectivity index (χ0n) is 11.4. The molecule has 0 N–H and O–H groups in total. The predicted octanol–water partition coefficient (Wildman–Crippen LogP) is 3.58. The first kappa shape index (κ1) is 14.0. The van der Waals surface area contributed by atoms with E-state index < -0.39 is 0 Å². The third kappa shape index (κ3) is 2.90. The number of halogens is 1. The topological polar surface area (TPSA) is 34.9 Å². The molecule has 4 heteroatoms.